The molecule has 5 nitrogen and oxygen atoms in total. The number of rotatable bonds is 5. The molecule has 0 radical (unpaired) electrons. The second-order valence-corrected chi connectivity index (χ2v) is 3.67. The van der Waals surface area contributed by atoms with Crippen molar-refractivity contribution in [1.82, 2.24) is 14.9 Å². The highest BCUT2D eigenvalue weighted by Crippen LogP contribution is 2.12. The molecule has 1 rings (SSSR count). The standard InChI is InChI=1S/C10H14F3N3O2/c1-7-5-8(17)16(9(15-7)18-2)4-3-14-6-10(11,12)13/h5,14H,3-4,6H2,1-2H3. The van der Waals surface area contributed by atoms with Gasteiger partial charge < -0.3 is 10.1 Å². The Labute approximate surface area is 102 Å². The first kappa shape index (κ1) is 14.5. The van der Waals surface area contributed by atoms with Gasteiger partial charge in [-0.2, -0.15) is 13.2 Å². The van der Waals surface area contributed by atoms with Crippen LogP contribution in [0.5, 0.6) is 6.01 Å². The molecule has 0 amide bonds. The quantitative estimate of drug-likeness (QED) is 0.797. The molecule has 1 aromatic rings. The van der Waals surface area contributed by atoms with Crippen LogP contribution in [0.3, 0.4) is 0 Å². The van der Waals surface area contributed by atoms with Gasteiger partial charge in [0.05, 0.1) is 13.7 Å². The first-order valence-corrected chi connectivity index (χ1v) is 5.23. The molecule has 0 spiro atoms. The van der Waals surface area contributed by atoms with Crippen molar-refractivity contribution < 1.29 is 17.9 Å². The summed E-state index contributed by atoms with van der Waals surface area (Å²) in [5, 5.41) is 2.20. The van der Waals surface area contributed by atoms with Crippen LogP contribution in [0.2, 0.25) is 0 Å². The van der Waals surface area contributed by atoms with E-state index < -0.39 is 12.7 Å². The number of methoxy groups -OCH3 is 1. The van der Waals surface area contributed by atoms with E-state index in [-0.39, 0.29) is 24.7 Å². The summed E-state index contributed by atoms with van der Waals surface area (Å²) in [5.74, 6) is 0. The molecule has 0 saturated heterocycles. The molecule has 0 aromatic carbocycles. The largest absolute Gasteiger partial charge is 0.468 e. The summed E-state index contributed by atoms with van der Waals surface area (Å²) in [4.78, 5) is 15.6. The lowest BCUT2D eigenvalue weighted by molar-refractivity contribution is -0.124. The normalized spacial score (nSPS) is 11.6. The monoisotopic (exact) mass is 265 g/mol. The number of aryl methyl sites for hydroxylation is 1. The Hall–Kier alpha value is -1.57. The highest BCUT2D eigenvalue weighted by molar-refractivity contribution is 5.06. The van der Waals surface area contributed by atoms with Crippen LogP contribution in [-0.4, -0.2) is 35.9 Å². The van der Waals surface area contributed by atoms with Gasteiger partial charge in [-0.15, -0.1) is 0 Å². The highest BCUT2D eigenvalue weighted by atomic mass is 19.4. The Morgan fingerprint density at radius 3 is 2.72 bits per heavy atom. The lowest BCUT2D eigenvalue weighted by Gasteiger charge is -2.12. The molecule has 0 bridgehead atoms. The van der Waals surface area contributed by atoms with Gasteiger partial charge in [0.1, 0.15) is 0 Å². The minimum absolute atomic E-state index is 0.000514. The van der Waals surface area contributed by atoms with E-state index in [1.54, 1.807) is 6.92 Å². The Bertz CT molecular complexity index is 457. The predicted molar refractivity (Wildman–Crippen MR) is 58.7 cm³/mol. The third-order valence-electron chi connectivity index (χ3n) is 2.12. The van der Waals surface area contributed by atoms with Crippen molar-refractivity contribution in [2.75, 3.05) is 20.2 Å². The van der Waals surface area contributed by atoms with Crippen LogP contribution in [0.4, 0.5) is 13.2 Å². The Balaban J connectivity index is 2.65. The number of halogens is 3. The first-order chi connectivity index (χ1) is 8.33. The molecule has 0 unspecified atom stereocenters. The van der Waals surface area contributed by atoms with Crippen LogP contribution in [0.25, 0.3) is 0 Å². The van der Waals surface area contributed by atoms with Gasteiger partial charge in [-0.05, 0) is 6.92 Å². The fourth-order valence-corrected chi connectivity index (χ4v) is 1.38. The fourth-order valence-electron chi connectivity index (χ4n) is 1.38. The zero-order valence-electron chi connectivity index (χ0n) is 10.0. The third-order valence-corrected chi connectivity index (χ3v) is 2.12. The van der Waals surface area contributed by atoms with Gasteiger partial charge in [0.15, 0.2) is 0 Å². The van der Waals surface area contributed by atoms with E-state index in [1.165, 1.54) is 17.7 Å². The number of hydrogen-bond donors (Lipinski definition) is 1. The Morgan fingerprint density at radius 1 is 1.50 bits per heavy atom. The maximum Gasteiger partial charge on any atom is 0.401 e. The van der Waals surface area contributed by atoms with Gasteiger partial charge in [0.2, 0.25) is 0 Å². The molecule has 0 atom stereocenters. The van der Waals surface area contributed by atoms with E-state index in [9.17, 15) is 18.0 Å². The third kappa shape index (κ3) is 4.36. The SMILES string of the molecule is COc1nc(C)cc(=O)n1CCNCC(F)(F)F. The van der Waals surface area contributed by atoms with Crippen LogP contribution in [0.1, 0.15) is 5.69 Å². The van der Waals surface area contributed by atoms with Crippen molar-refractivity contribution in [3.63, 3.8) is 0 Å². The van der Waals surface area contributed by atoms with Gasteiger partial charge >= 0.3 is 6.18 Å². The Kier molecular flexibility index (Phi) is 4.71. The van der Waals surface area contributed by atoms with Gasteiger partial charge in [-0.1, -0.05) is 0 Å². The van der Waals surface area contributed by atoms with Crippen molar-refractivity contribution in [3.8, 4) is 6.01 Å². The summed E-state index contributed by atoms with van der Waals surface area (Å²) in [5.41, 5.74) is 0.143. The first-order valence-electron chi connectivity index (χ1n) is 5.23. The van der Waals surface area contributed by atoms with Gasteiger partial charge in [0, 0.05) is 24.8 Å². The molecule has 1 aromatic heterocycles. The smallest absolute Gasteiger partial charge is 0.401 e. The topological polar surface area (TPSA) is 56.1 Å². The predicted octanol–water partition coefficient (Wildman–Crippen LogP) is 0.712. The Morgan fingerprint density at radius 2 is 2.17 bits per heavy atom. The van der Waals surface area contributed by atoms with E-state index in [0.717, 1.165) is 0 Å². The molecular formula is C10H14F3N3O2. The summed E-state index contributed by atoms with van der Waals surface area (Å²) in [6, 6.07) is 1.39. The molecule has 0 saturated carbocycles. The summed E-state index contributed by atoms with van der Waals surface area (Å²) >= 11 is 0. The number of aromatic nitrogens is 2. The summed E-state index contributed by atoms with van der Waals surface area (Å²) in [7, 11) is 1.35. The van der Waals surface area contributed by atoms with Crippen LogP contribution < -0.4 is 15.6 Å². The zero-order chi connectivity index (χ0) is 13.8. The number of alkyl halides is 3. The number of nitrogens with one attached hydrogen (secondary N) is 1. The molecule has 1 N–H and O–H groups in total. The van der Waals surface area contributed by atoms with Gasteiger partial charge in [-0.3, -0.25) is 9.36 Å². The average molecular weight is 265 g/mol. The highest BCUT2D eigenvalue weighted by Gasteiger charge is 2.26. The van der Waals surface area contributed by atoms with E-state index in [2.05, 4.69) is 10.3 Å². The van der Waals surface area contributed by atoms with E-state index in [0.29, 0.717) is 5.69 Å². The van der Waals surface area contributed by atoms with Crippen molar-refractivity contribution in [2.45, 2.75) is 19.6 Å². The maximum atomic E-state index is 11.9. The van der Waals surface area contributed by atoms with E-state index in [1.807, 2.05) is 0 Å². The molecule has 0 aliphatic carbocycles. The molecule has 0 fully saturated rings. The van der Waals surface area contributed by atoms with Gasteiger partial charge in [-0.25, -0.2) is 4.98 Å². The second kappa shape index (κ2) is 5.85. The van der Waals surface area contributed by atoms with Crippen molar-refractivity contribution in [1.29, 1.82) is 0 Å². The molecule has 102 valence electrons. The van der Waals surface area contributed by atoms with Crippen LogP contribution in [-0.2, 0) is 6.54 Å². The van der Waals surface area contributed by atoms with Crippen molar-refractivity contribution >= 4 is 0 Å². The molecule has 0 aliphatic heterocycles. The van der Waals surface area contributed by atoms with E-state index >= 15 is 0 Å². The van der Waals surface area contributed by atoms with E-state index in [4.69, 9.17) is 4.74 Å². The number of ether oxygens (including phenoxy) is 1. The maximum absolute atomic E-state index is 11.9. The minimum atomic E-state index is -4.26. The summed E-state index contributed by atoms with van der Waals surface area (Å²) < 4.78 is 41.8. The number of nitrogens with zero attached hydrogens (tertiary/aromatic N) is 2. The minimum Gasteiger partial charge on any atom is -0.468 e. The van der Waals surface area contributed by atoms with Crippen LogP contribution in [0, 0.1) is 6.92 Å². The lowest BCUT2D eigenvalue weighted by atomic mass is 10.4. The van der Waals surface area contributed by atoms with Crippen LogP contribution >= 0.6 is 0 Å². The fraction of sp³-hybridized carbons (Fsp3) is 0.600. The molecule has 0 aliphatic rings. The number of hydrogen-bond acceptors (Lipinski definition) is 4. The van der Waals surface area contributed by atoms with Crippen molar-refractivity contribution in [2.24, 2.45) is 0 Å². The second-order valence-electron chi connectivity index (χ2n) is 3.67. The van der Waals surface area contributed by atoms with Gasteiger partial charge in [0.25, 0.3) is 11.6 Å². The van der Waals surface area contributed by atoms with Crippen molar-refractivity contribution in [3.05, 3.63) is 22.1 Å². The van der Waals surface area contributed by atoms with Crippen LogP contribution in [0.15, 0.2) is 10.9 Å². The summed E-state index contributed by atoms with van der Waals surface area (Å²) in [6.07, 6.45) is -4.26. The molecule has 8 heteroatoms. The summed E-state index contributed by atoms with van der Waals surface area (Å²) in [6.45, 7) is 0.603. The molecular weight excluding hydrogens is 251 g/mol. The average Bonchev–Trinajstić information content (AvgIpc) is 2.24. The zero-order valence-corrected chi connectivity index (χ0v) is 10.0. The lowest BCUT2D eigenvalue weighted by Crippen LogP contribution is -2.33. The molecule has 1 heterocycles. The molecule has 18 heavy (non-hydrogen) atoms.